The van der Waals surface area contributed by atoms with E-state index in [9.17, 15) is 18.0 Å². The fourth-order valence-corrected chi connectivity index (χ4v) is 1.43. The first-order valence-corrected chi connectivity index (χ1v) is 5.33. The minimum atomic E-state index is -4.93. The molecule has 0 atom stereocenters. The van der Waals surface area contributed by atoms with Crippen LogP contribution in [0.3, 0.4) is 0 Å². The quantitative estimate of drug-likeness (QED) is 0.631. The molecule has 0 saturated carbocycles. The highest BCUT2D eigenvalue weighted by atomic mass is 35.5. The lowest BCUT2D eigenvalue weighted by Gasteiger charge is -2.14. The second-order valence-electron chi connectivity index (χ2n) is 3.16. The molecular weight excluding hydrogens is 291 g/mol. The van der Waals surface area contributed by atoms with Crippen molar-refractivity contribution in [2.24, 2.45) is 0 Å². The van der Waals surface area contributed by atoms with Gasteiger partial charge in [0.05, 0.1) is 20.1 Å². The van der Waals surface area contributed by atoms with Gasteiger partial charge in [-0.05, 0) is 0 Å². The van der Waals surface area contributed by atoms with Crippen LogP contribution >= 0.6 is 11.6 Å². The van der Waals surface area contributed by atoms with E-state index in [-0.39, 0.29) is 23.0 Å². The summed E-state index contributed by atoms with van der Waals surface area (Å²) in [5.41, 5.74) is -0.499. The van der Waals surface area contributed by atoms with Gasteiger partial charge in [-0.15, -0.1) is 24.8 Å². The van der Waals surface area contributed by atoms with Gasteiger partial charge in [0.2, 0.25) is 5.88 Å². The summed E-state index contributed by atoms with van der Waals surface area (Å²) in [6, 6.07) is 0.822. The van der Waals surface area contributed by atoms with Gasteiger partial charge in [0.15, 0.2) is 5.75 Å². The van der Waals surface area contributed by atoms with Crippen LogP contribution in [-0.4, -0.2) is 31.5 Å². The van der Waals surface area contributed by atoms with Gasteiger partial charge in [-0.25, -0.2) is 9.78 Å². The lowest BCUT2D eigenvalue weighted by atomic mass is 10.2. The first-order chi connectivity index (χ1) is 8.82. The predicted molar refractivity (Wildman–Crippen MR) is 58.4 cm³/mol. The van der Waals surface area contributed by atoms with Gasteiger partial charge in [0, 0.05) is 6.07 Å². The predicted octanol–water partition coefficient (Wildman–Crippen LogP) is 2.51. The summed E-state index contributed by atoms with van der Waals surface area (Å²) >= 11 is 5.47. The maximum Gasteiger partial charge on any atom is 0.573 e. The van der Waals surface area contributed by atoms with Crippen LogP contribution in [0.1, 0.15) is 16.1 Å². The van der Waals surface area contributed by atoms with E-state index < -0.39 is 18.1 Å². The molecule has 1 aromatic heterocycles. The van der Waals surface area contributed by atoms with Crippen LogP contribution in [0, 0.1) is 0 Å². The van der Waals surface area contributed by atoms with Gasteiger partial charge in [-0.3, -0.25) is 0 Å². The Balaban J connectivity index is 3.33. The third-order valence-corrected chi connectivity index (χ3v) is 2.23. The van der Waals surface area contributed by atoms with Gasteiger partial charge >= 0.3 is 12.3 Å². The minimum Gasteiger partial charge on any atom is -0.480 e. The smallest absolute Gasteiger partial charge is 0.480 e. The molecule has 0 aliphatic rings. The lowest BCUT2D eigenvalue weighted by Crippen LogP contribution is -2.19. The number of carbonyl (C=O) groups is 1. The number of hydrogen-bond donors (Lipinski definition) is 0. The van der Waals surface area contributed by atoms with E-state index in [1.54, 1.807) is 0 Å². The zero-order chi connectivity index (χ0) is 14.6. The number of aromatic nitrogens is 1. The fraction of sp³-hybridized carbons (Fsp3) is 0.400. The van der Waals surface area contributed by atoms with E-state index >= 15 is 0 Å². The van der Waals surface area contributed by atoms with Crippen molar-refractivity contribution in [3.05, 3.63) is 17.3 Å². The van der Waals surface area contributed by atoms with Crippen molar-refractivity contribution in [3.8, 4) is 11.6 Å². The normalized spacial score (nSPS) is 11.1. The molecule has 0 fully saturated rings. The van der Waals surface area contributed by atoms with Crippen LogP contribution in [0.2, 0.25) is 0 Å². The Morgan fingerprint density at radius 3 is 2.47 bits per heavy atom. The second kappa shape index (κ2) is 5.96. The van der Waals surface area contributed by atoms with Crippen LogP contribution in [0.5, 0.6) is 11.6 Å². The molecule has 1 heterocycles. The molecule has 19 heavy (non-hydrogen) atoms. The first-order valence-electron chi connectivity index (χ1n) is 4.80. The molecule has 0 aliphatic heterocycles. The molecule has 0 saturated heterocycles. The van der Waals surface area contributed by atoms with E-state index in [4.69, 9.17) is 16.3 Å². The molecule has 9 heteroatoms. The minimum absolute atomic E-state index is 0.197. The summed E-state index contributed by atoms with van der Waals surface area (Å²) in [6.07, 6.45) is -4.93. The van der Waals surface area contributed by atoms with E-state index in [0.29, 0.717) is 0 Å². The summed E-state index contributed by atoms with van der Waals surface area (Å²) in [7, 11) is 2.28. The molecule has 106 valence electrons. The number of ether oxygens (including phenoxy) is 3. The van der Waals surface area contributed by atoms with Crippen LogP contribution in [-0.2, 0) is 10.6 Å². The standard InChI is InChI=1S/C10H9ClF3NO4/c1-17-8-5(9(16)18-2)3-7(6(4-11)15-8)19-10(12,13)14/h3H,4H2,1-2H3. The number of esters is 1. The Labute approximate surface area is 111 Å². The number of hydrogen-bond acceptors (Lipinski definition) is 5. The molecule has 0 radical (unpaired) electrons. The number of carbonyl (C=O) groups excluding carboxylic acids is 1. The maximum atomic E-state index is 12.2. The monoisotopic (exact) mass is 299 g/mol. The molecule has 0 spiro atoms. The molecule has 0 N–H and O–H groups in total. The van der Waals surface area contributed by atoms with E-state index in [2.05, 4.69) is 14.5 Å². The molecule has 5 nitrogen and oxygen atoms in total. The molecule has 1 aromatic rings. The highest BCUT2D eigenvalue weighted by molar-refractivity contribution is 6.17. The maximum absolute atomic E-state index is 12.2. The Hall–Kier alpha value is -1.70. The van der Waals surface area contributed by atoms with Crippen molar-refractivity contribution in [2.45, 2.75) is 12.2 Å². The zero-order valence-electron chi connectivity index (χ0n) is 9.88. The summed E-state index contributed by atoms with van der Waals surface area (Å²) < 4.78 is 49.6. The van der Waals surface area contributed by atoms with Crippen LogP contribution in [0.4, 0.5) is 13.2 Å². The number of rotatable bonds is 4. The van der Waals surface area contributed by atoms with E-state index in [0.717, 1.165) is 13.2 Å². The molecular formula is C10H9ClF3NO4. The molecule has 0 aromatic carbocycles. The van der Waals surface area contributed by atoms with Crippen molar-refractivity contribution in [2.75, 3.05) is 14.2 Å². The van der Waals surface area contributed by atoms with Gasteiger partial charge in [0.1, 0.15) is 11.3 Å². The average molecular weight is 300 g/mol. The SMILES string of the molecule is COC(=O)c1cc(OC(F)(F)F)c(CCl)nc1OC. The van der Waals surface area contributed by atoms with E-state index in [1.165, 1.54) is 7.11 Å². The van der Waals surface area contributed by atoms with Crippen molar-refractivity contribution in [1.82, 2.24) is 4.98 Å². The number of methoxy groups -OCH3 is 2. The number of halogens is 4. The van der Waals surface area contributed by atoms with Gasteiger partial charge in [0.25, 0.3) is 0 Å². The Kier molecular flexibility index (Phi) is 4.82. The molecule has 0 bridgehead atoms. The molecule has 1 rings (SSSR count). The average Bonchev–Trinajstić information content (AvgIpc) is 2.35. The Bertz CT molecular complexity index is 479. The second-order valence-corrected chi connectivity index (χ2v) is 3.43. The third-order valence-electron chi connectivity index (χ3n) is 1.98. The van der Waals surface area contributed by atoms with Crippen molar-refractivity contribution >= 4 is 17.6 Å². The largest absolute Gasteiger partial charge is 0.573 e. The Morgan fingerprint density at radius 1 is 1.42 bits per heavy atom. The van der Waals surface area contributed by atoms with Gasteiger partial charge in [-0.1, -0.05) is 0 Å². The highest BCUT2D eigenvalue weighted by Gasteiger charge is 2.33. The molecule has 0 unspecified atom stereocenters. The topological polar surface area (TPSA) is 57.7 Å². The molecule has 0 amide bonds. The summed E-state index contributed by atoms with van der Waals surface area (Å²) in [6.45, 7) is 0. The molecule has 0 aliphatic carbocycles. The summed E-state index contributed by atoms with van der Waals surface area (Å²) in [4.78, 5) is 15.1. The van der Waals surface area contributed by atoms with Crippen LogP contribution in [0.25, 0.3) is 0 Å². The van der Waals surface area contributed by atoms with Gasteiger partial charge in [-0.2, -0.15) is 0 Å². The van der Waals surface area contributed by atoms with E-state index in [1.807, 2.05) is 0 Å². The van der Waals surface area contributed by atoms with Crippen molar-refractivity contribution in [3.63, 3.8) is 0 Å². The van der Waals surface area contributed by atoms with Crippen molar-refractivity contribution in [1.29, 1.82) is 0 Å². The van der Waals surface area contributed by atoms with Crippen molar-refractivity contribution < 1.29 is 32.2 Å². The Morgan fingerprint density at radius 2 is 2.05 bits per heavy atom. The highest BCUT2D eigenvalue weighted by Crippen LogP contribution is 2.31. The van der Waals surface area contributed by atoms with Crippen LogP contribution < -0.4 is 9.47 Å². The zero-order valence-corrected chi connectivity index (χ0v) is 10.6. The first kappa shape index (κ1) is 15.4. The van der Waals surface area contributed by atoms with Crippen LogP contribution in [0.15, 0.2) is 6.07 Å². The van der Waals surface area contributed by atoms with Gasteiger partial charge < -0.3 is 14.2 Å². The third kappa shape index (κ3) is 3.88. The summed E-state index contributed by atoms with van der Waals surface area (Å²) in [5, 5.41) is 0. The lowest BCUT2D eigenvalue weighted by molar-refractivity contribution is -0.275. The number of nitrogens with zero attached hydrogens (tertiary/aromatic N) is 1. The number of alkyl halides is 4. The summed E-state index contributed by atoms with van der Waals surface area (Å²) in [5.74, 6) is -2.12. The number of pyridine rings is 1. The fourth-order valence-electron chi connectivity index (χ4n) is 1.23.